The molecule has 0 saturated carbocycles. The third-order valence-corrected chi connectivity index (χ3v) is 6.48. The van der Waals surface area contributed by atoms with E-state index in [0.717, 1.165) is 5.56 Å². The van der Waals surface area contributed by atoms with Crippen molar-refractivity contribution in [2.45, 2.75) is 65.1 Å². The maximum atomic E-state index is 13.4. The molecule has 34 heavy (non-hydrogen) atoms. The molecule has 1 aromatic carbocycles. The topological polar surface area (TPSA) is 96.0 Å². The first-order valence-electron chi connectivity index (χ1n) is 12.0. The number of nitrogens with zero attached hydrogens (tertiary/aromatic N) is 2. The minimum Gasteiger partial charge on any atom is -0.497 e. The van der Waals surface area contributed by atoms with E-state index in [4.69, 9.17) is 4.74 Å². The highest BCUT2D eigenvalue weighted by atomic mass is 16.5. The highest BCUT2D eigenvalue weighted by Gasteiger charge is 2.47. The molecule has 1 aliphatic heterocycles. The third-order valence-electron chi connectivity index (χ3n) is 6.48. The van der Waals surface area contributed by atoms with Crippen molar-refractivity contribution < 1.29 is 23.9 Å². The standard InChI is InChI=1S/C26H35N3O5/c1-5-22(24(31)27-17(2)3)29(16-18-10-12-19(34-4)13-11-18)23(30)14-15-28-25(32)20-8-6-7-9-21(20)26(28)33/h6-7,10-13,17,20-22H,5,8-9,14-16H2,1-4H3,(H,27,31)/t20-,21+,22-/m0/s1. The Labute approximate surface area is 201 Å². The summed E-state index contributed by atoms with van der Waals surface area (Å²) in [4.78, 5) is 54.7. The van der Waals surface area contributed by atoms with E-state index >= 15 is 0 Å². The van der Waals surface area contributed by atoms with Crippen molar-refractivity contribution in [2.75, 3.05) is 13.7 Å². The van der Waals surface area contributed by atoms with Gasteiger partial charge in [-0.15, -0.1) is 0 Å². The number of methoxy groups -OCH3 is 1. The van der Waals surface area contributed by atoms with Crippen LogP contribution < -0.4 is 10.1 Å². The zero-order chi connectivity index (χ0) is 24.8. The molecular weight excluding hydrogens is 434 g/mol. The van der Waals surface area contributed by atoms with Crippen LogP contribution in [-0.4, -0.2) is 59.2 Å². The summed E-state index contributed by atoms with van der Waals surface area (Å²) >= 11 is 0. The van der Waals surface area contributed by atoms with Crippen LogP contribution in [0.2, 0.25) is 0 Å². The summed E-state index contributed by atoms with van der Waals surface area (Å²) in [6.07, 6.45) is 5.43. The summed E-state index contributed by atoms with van der Waals surface area (Å²) in [5.74, 6) is -0.809. The van der Waals surface area contributed by atoms with Gasteiger partial charge in [-0.25, -0.2) is 0 Å². The lowest BCUT2D eigenvalue weighted by atomic mass is 9.85. The monoisotopic (exact) mass is 469 g/mol. The molecule has 0 radical (unpaired) electrons. The lowest BCUT2D eigenvalue weighted by molar-refractivity contribution is -0.144. The van der Waals surface area contributed by atoms with E-state index in [0.29, 0.717) is 25.0 Å². The summed E-state index contributed by atoms with van der Waals surface area (Å²) in [7, 11) is 1.58. The van der Waals surface area contributed by atoms with Gasteiger partial charge in [-0.1, -0.05) is 31.2 Å². The molecule has 184 valence electrons. The van der Waals surface area contributed by atoms with Gasteiger partial charge in [0.05, 0.1) is 18.9 Å². The smallest absolute Gasteiger partial charge is 0.243 e. The normalized spacial score (nSPS) is 20.3. The fourth-order valence-electron chi connectivity index (χ4n) is 4.67. The first kappa shape index (κ1) is 25.5. The van der Waals surface area contributed by atoms with E-state index in [1.165, 1.54) is 4.90 Å². The lowest BCUT2D eigenvalue weighted by Gasteiger charge is -2.31. The number of imide groups is 1. The Morgan fingerprint density at radius 2 is 1.68 bits per heavy atom. The van der Waals surface area contributed by atoms with Crippen LogP contribution >= 0.6 is 0 Å². The van der Waals surface area contributed by atoms with Crippen molar-refractivity contribution in [1.29, 1.82) is 0 Å². The predicted octanol–water partition coefficient (Wildman–Crippen LogP) is 2.67. The number of rotatable bonds is 10. The number of fused-ring (bicyclic) bond motifs is 1. The van der Waals surface area contributed by atoms with E-state index in [9.17, 15) is 19.2 Å². The number of amides is 4. The molecule has 1 N–H and O–H groups in total. The summed E-state index contributed by atoms with van der Waals surface area (Å²) in [5.41, 5.74) is 0.857. The van der Waals surface area contributed by atoms with Crippen molar-refractivity contribution in [3.63, 3.8) is 0 Å². The van der Waals surface area contributed by atoms with Gasteiger partial charge in [0.15, 0.2) is 0 Å². The van der Waals surface area contributed by atoms with Gasteiger partial charge >= 0.3 is 0 Å². The molecule has 3 atom stereocenters. The van der Waals surface area contributed by atoms with Crippen molar-refractivity contribution in [3.8, 4) is 5.75 Å². The number of hydrogen-bond donors (Lipinski definition) is 1. The van der Waals surface area contributed by atoms with Gasteiger partial charge in [0, 0.05) is 25.6 Å². The van der Waals surface area contributed by atoms with E-state index in [-0.39, 0.29) is 61.0 Å². The van der Waals surface area contributed by atoms with Crippen molar-refractivity contribution in [1.82, 2.24) is 15.1 Å². The molecule has 8 nitrogen and oxygen atoms in total. The van der Waals surface area contributed by atoms with Crippen LogP contribution in [0.4, 0.5) is 0 Å². The maximum Gasteiger partial charge on any atom is 0.243 e. The van der Waals surface area contributed by atoms with Gasteiger partial charge in [0.1, 0.15) is 11.8 Å². The Hall–Kier alpha value is -3.16. The fraction of sp³-hybridized carbons (Fsp3) is 0.538. The summed E-state index contributed by atoms with van der Waals surface area (Å²) in [6, 6.07) is 6.62. The Morgan fingerprint density at radius 3 is 2.18 bits per heavy atom. The van der Waals surface area contributed by atoms with Crippen LogP contribution in [0.5, 0.6) is 5.75 Å². The molecule has 1 fully saturated rings. The molecule has 0 aromatic heterocycles. The number of carbonyl (C=O) groups excluding carboxylic acids is 4. The Morgan fingerprint density at radius 1 is 1.09 bits per heavy atom. The van der Waals surface area contributed by atoms with Crippen LogP contribution in [0.1, 0.15) is 52.0 Å². The average molecular weight is 470 g/mol. The predicted molar refractivity (Wildman–Crippen MR) is 128 cm³/mol. The zero-order valence-corrected chi connectivity index (χ0v) is 20.5. The summed E-state index contributed by atoms with van der Waals surface area (Å²) < 4.78 is 5.21. The van der Waals surface area contributed by atoms with Gasteiger partial charge in [0.25, 0.3) is 0 Å². The van der Waals surface area contributed by atoms with E-state index in [1.807, 2.05) is 57.2 Å². The molecule has 2 aliphatic rings. The van der Waals surface area contributed by atoms with Gasteiger partial charge in [-0.05, 0) is 50.8 Å². The highest BCUT2D eigenvalue weighted by molar-refractivity contribution is 6.05. The quantitative estimate of drug-likeness (QED) is 0.420. The molecule has 1 heterocycles. The fourth-order valence-corrected chi connectivity index (χ4v) is 4.67. The number of allylic oxidation sites excluding steroid dienone is 2. The SMILES string of the molecule is CC[C@@H](C(=O)NC(C)C)N(Cc1ccc(OC)cc1)C(=O)CCN1C(=O)[C@H]2CC=CC[C@H]2C1=O. The number of likely N-dealkylation sites (tertiary alicyclic amines) is 1. The first-order chi connectivity index (χ1) is 16.3. The molecule has 1 aliphatic carbocycles. The summed E-state index contributed by atoms with van der Waals surface area (Å²) in [5, 5.41) is 2.90. The van der Waals surface area contributed by atoms with Crippen molar-refractivity contribution in [3.05, 3.63) is 42.0 Å². The minimum absolute atomic E-state index is 0.0219. The summed E-state index contributed by atoms with van der Waals surface area (Å²) in [6.45, 7) is 5.89. The molecule has 3 rings (SSSR count). The molecular formula is C26H35N3O5. The molecule has 1 saturated heterocycles. The molecule has 8 heteroatoms. The zero-order valence-electron chi connectivity index (χ0n) is 20.5. The first-order valence-corrected chi connectivity index (χ1v) is 12.0. The highest BCUT2D eigenvalue weighted by Crippen LogP contribution is 2.35. The second kappa shape index (κ2) is 11.3. The molecule has 0 bridgehead atoms. The van der Waals surface area contributed by atoms with Crippen LogP contribution in [0.15, 0.2) is 36.4 Å². The van der Waals surface area contributed by atoms with Crippen LogP contribution in [0, 0.1) is 11.8 Å². The van der Waals surface area contributed by atoms with E-state index in [1.54, 1.807) is 12.0 Å². The second-order valence-corrected chi connectivity index (χ2v) is 9.19. The Balaban J connectivity index is 1.75. The van der Waals surface area contributed by atoms with Gasteiger partial charge in [0.2, 0.25) is 23.6 Å². The average Bonchev–Trinajstić information content (AvgIpc) is 3.07. The largest absolute Gasteiger partial charge is 0.497 e. The van der Waals surface area contributed by atoms with Gasteiger partial charge < -0.3 is 15.0 Å². The number of benzene rings is 1. The maximum absolute atomic E-state index is 13.4. The van der Waals surface area contributed by atoms with Crippen molar-refractivity contribution >= 4 is 23.6 Å². The number of ether oxygens (including phenoxy) is 1. The van der Waals surface area contributed by atoms with Crippen molar-refractivity contribution in [2.24, 2.45) is 11.8 Å². The van der Waals surface area contributed by atoms with Crippen LogP contribution in [-0.2, 0) is 25.7 Å². The molecule has 4 amide bonds. The number of hydrogen-bond acceptors (Lipinski definition) is 5. The minimum atomic E-state index is -0.659. The van der Waals surface area contributed by atoms with Gasteiger partial charge in [-0.3, -0.25) is 24.1 Å². The number of carbonyl (C=O) groups is 4. The molecule has 0 spiro atoms. The van der Waals surface area contributed by atoms with E-state index < -0.39 is 6.04 Å². The Kier molecular flexibility index (Phi) is 8.47. The van der Waals surface area contributed by atoms with Gasteiger partial charge in [-0.2, -0.15) is 0 Å². The lowest BCUT2D eigenvalue weighted by Crippen LogP contribution is -2.51. The number of nitrogens with one attached hydrogen (secondary N) is 1. The van der Waals surface area contributed by atoms with Crippen LogP contribution in [0.25, 0.3) is 0 Å². The third kappa shape index (κ3) is 5.66. The van der Waals surface area contributed by atoms with Crippen LogP contribution in [0.3, 0.4) is 0 Å². The molecule has 1 aromatic rings. The van der Waals surface area contributed by atoms with E-state index in [2.05, 4.69) is 5.32 Å². The second-order valence-electron chi connectivity index (χ2n) is 9.19. The molecule has 0 unspecified atom stereocenters. The Bertz CT molecular complexity index is 914.